The van der Waals surface area contributed by atoms with E-state index in [0.717, 1.165) is 28.8 Å². The van der Waals surface area contributed by atoms with Crippen molar-refractivity contribution in [3.8, 4) is 5.75 Å². The minimum atomic E-state index is -0.279. The molecular formula is C22H22N2O3. The maximum Gasteiger partial charge on any atom is 0.259 e. The highest BCUT2D eigenvalue weighted by molar-refractivity contribution is 5.97. The van der Waals surface area contributed by atoms with E-state index in [2.05, 4.69) is 0 Å². The summed E-state index contributed by atoms with van der Waals surface area (Å²) < 4.78 is 7.76. The van der Waals surface area contributed by atoms with Gasteiger partial charge in [-0.05, 0) is 30.7 Å². The van der Waals surface area contributed by atoms with Gasteiger partial charge in [0.15, 0.2) is 0 Å². The van der Waals surface area contributed by atoms with Crippen molar-refractivity contribution in [3.63, 3.8) is 0 Å². The fourth-order valence-electron chi connectivity index (χ4n) is 3.71. The number of aromatic nitrogens is 1. The molecule has 2 aromatic carbocycles. The van der Waals surface area contributed by atoms with Crippen molar-refractivity contribution in [2.24, 2.45) is 7.05 Å². The lowest BCUT2D eigenvalue weighted by Gasteiger charge is -2.21. The summed E-state index contributed by atoms with van der Waals surface area (Å²) in [4.78, 5) is 27.4. The first-order chi connectivity index (χ1) is 12.9. The molecule has 0 spiro atoms. The Hall–Kier alpha value is -3.08. The van der Waals surface area contributed by atoms with Crippen LogP contribution in [-0.4, -0.2) is 35.1 Å². The predicted molar refractivity (Wildman–Crippen MR) is 105 cm³/mol. The van der Waals surface area contributed by atoms with E-state index in [1.807, 2.05) is 61.0 Å². The summed E-state index contributed by atoms with van der Waals surface area (Å²) >= 11 is 0. The number of nitrogens with zero attached hydrogens (tertiary/aromatic N) is 2. The SMILES string of the molecule is Cc1ccc2c(c1)c(=O)c(C(=O)N(C)C[C@H]1Cc3ccccc3O1)cn2C. The Balaban J connectivity index is 1.59. The van der Waals surface area contributed by atoms with Crippen LogP contribution in [0.15, 0.2) is 53.5 Å². The van der Waals surface area contributed by atoms with E-state index in [9.17, 15) is 9.59 Å². The molecule has 1 amide bonds. The normalized spacial score (nSPS) is 15.4. The Morgan fingerprint density at radius 1 is 1.26 bits per heavy atom. The number of amides is 1. The van der Waals surface area contributed by atoms with Gasteiger partial charge < -0.3 is 14.2 Å². The number of carbonyl (C=O) groups excluding carboxylic acids is 1. The molecule has 5 heteroatoms. The molecule has 27 heavy (non-hydrogen) atoms. The van der Waals surface area contributed by atoms with Gasteiger partial charge in [-0.15, -0.1) is 0 Å². The molecule has 0 aliphatic carbocycles. The maximum atomic E-state index is 13.0. The van der Waals surface area contributed by atoms with Gasteiger partial charge in [-0.2, -0.15) is 0 Å². The van der Waals surface area contributed by atoms with Crippen LogP contribution in [0.2, 0.25) is 0 Å². The van der Waals surface area contributed by atoms with Gasteiger partial charge in [-0.3, -0.25) is 9.59 Å². The van der Waals surface area contributed by atoms with E-state index in [1.54, 1.807) is 18.1 Å². The summed E-state index contributed by atoms with van der Waals surface area (Å²) in [5.41, 5.74) is 2.93. The highest BCUT2D eigenvalue weighted by atomic mass is 16.5. The molecule has 0 fully saturated rings. The lowest BCUT2D eigenvalue weighted by Crippen LogP contribution is -2.38. The molecule has 2 heterocycles. The zero-order chi connectivity index (χ0) is 19.1. The molecule has 0 saturated heterocycles. The Morgan fingerprint density at radius 2 is 2.04 bits per heavy atom. The second-order valence-corrected chi connectivity index (χ2v) is 7.24. The molecule has 1 aliphatic rings. The average Bonchev–Trinajstić information content (AvgIpc) is 3.06. The van der Waals surface area contributed by atoms with Gasteiger partial charge in [-0.1, -0.05) is 29.8 Å². The van der Waals surface area contributed by atoms with Gasteiger partial charge in [0.1, 0.15) is 17.4 Å². The summed E-state index contributed by atoms with van der Waals surface area (Å²) in [7, 11) is 3.57. The number of carbonyl (C=O) groups is 1. The molecule has 0 N–H and O–H groups in total. The maximum absolute atomic E-state index is 13.0. The van der Waals surface area contributed by atoms with E-state index in [0.29, 0.717) is 11.9 Å². The Kier molecular flexibility index (Phi) is 4.22. The first-order valence-electron chi connectivity index (χ1n) is 9.04. The first kappa shape index (κ1) is 17.3. The largest absolute Gasteiger partial charge is 0.488 e. The topological polar surface area (TPSA) is 51.5 Å². The van der Waals surface area contributed by atoms with Crippen molar-refractivity contribution in [3.05, 3.63) is 75.6 Å². The number of aryl methyl sites for hydroxylation is 2. The summed E-state index contributed by atoms with van der Waals surface area (Å²) in [5, 5.41) is 0.571. The highest BCUT2D eigenvalue weighted by Crippen LogP contribution is 2.28. The van der Waals surface area contributed by atoms with Crippen LogP contribution in [0.3, 0.4) is 0 Å². The van der Waals surface area contributed by atoms with Crippen molar-refractivity contribution < 1.29 is 9.53 Å². The van der Waals surface area contributed by atoms with E-state index in [1.165, 1.54) is 0 Å². The summed E-state index contributed by atoms with van der Waals surface area (Å²) in [6, 6.07) is 13.6. The standard InChI is InChI=1S/C22H22N2O3/c1-14-8-9-19-17(10-14)21(25)18(13-23(19)2)22(26)24(3)12-16-11-15-6-4-5-7-20(15)27-16/h4-10,13,16H,11-12H2,1-3H3/t16-/m1/s1. The summed E-state index contributed by atoms with van der Waals surface area (Å²) in [6.45, 7) is 2.37. The van der Waals surface area contributed by atoms with Crippen LogP contribution in [0.5, 0.6) is 5.75 Å². The quantitative estimate of drug-likeness (QED) is 0.720. The number of hydrogen-bond acceptors (Lipinski definition) is 3. The molecule has 3 aromatic rings. The fraction of sp³-hybridized carbons (Fsp3) is 0.273. The number of pyridine rings is 1. The molecule has 1 aliphatic heterocycles. The number of benzene rings is 2. The zero-order valence-corrected chi connectivity index (χ0v) is 15.7. The number of likely N-dealkylation sites (N-methyl/N-ethyl adjacent to an activating group) is 1. The van der Waals surface area contributed by atoms with Crippen LogP contribution in [0.4, 0.5) is 0 Å². The third kappa shape index (κ3) is 3.10. The van der Waals surface area contributed by atoms with Gasteiger partial charge in [0.05, 0.1) is 12.1 Å². The highest BCUT2D eigenvalue weighted by Gasteiger charge is 2.26. The number of para-hydroxylation sites is 1. The van der Waals surface area contributed by atoms with Crippen molar-refractivity contribution in [1.29, 1.82) is 0 Å². The van der Waals surface area contributed by atoms with Crippen molar-refractivity contribution in [1.82, 2.24) is 9.47 Å². The van der Waals surface area contributed by atoms with E-state index >= 15 is 0 Å². The van der Waals surface area contributed by atoms with Crippen LogP contribution in [0.1, 0.15) is 21.5 Å². The molecule has 0 bridgehead atoms. The summed E-state index contributed by atoms with van der Waals surface area (Å²) in [6.07, 6.45) is 2.30. The summed E-state index contributed by atoms with van der Waals surface area (Å²) in [5.74, 6) is 0.596. The molecule has 138 valence electrons. The second kappa shape index (κ2) is 6.58. The van der Waals surface area contributed by atoms with Gasteiger partial charge in [0.2, 0.25) is 5.43 Å². The monoisotopic (exact) mass is 362 g/mol. The van der Waals surface area contributed by atoms with Gasteiger partial charge >= 0.3 is 0 Å². The lowest BCUT2D eigenvalue weighted by atomic mass is 10.1. The van der Waals surface area contributed by atoms with Gasteiger partial charge in [0, 0.05) is 32.1 Å². The van der Waals surface area contributed by atoms with E-state index in [4.69, 9.17) is 4.74 Å². The molecule has 0 radical (unpaired) electrons. The average molecular weight is 362 g/mol. The molecular weight excluding hydrogens is 340 g/mol. The van der Waals surface area contributed by atoms with Crippen LogP contribution >= 0.6 is 0 Å². The lowest BCUT2D eigenvalue weighted by molar-refractivity contribution is 0.0728. The zero-order valence-electron chi connectivity index (χ0n) is 15.7. The minimum Gasteiger partial charge on any atom is -0.488 e. The Labute approximate surface area is 157 Å². The smallest absolute Gasteiger partial charge is 0.259 e. The van der Waals surface area contributed by atoms with Crippen LogP contribution in [0.25, 0.3) is 10.9 Å². The Morgan fingerprint density at radius 3 is 2.81 bits per heavy atom. The second-order valence-electron chi connectivity index (χ2n) is 7.24. The number of hydrogen-bond donors (Lipinski definition) is 0. The third-order valence-electron chi connectivity index (χ3n) is 5.11. The van der Waals surface area contributed by atoms with Crippen LogP contribution in [-0.2, 0) is 13.5 Å². The molecule has 4 rings (SSSR count). The molecule has 0 unspecified atom stereocenters. The molecule has 0 saturated carbocycles. The van der Waals surface area contributed by atoms with Crippen molar-refractivity contribution in [2.75, 3.05) is 13.6 Å². The minimum absolute atomic E-state index is 0.0945. The van der Waals surface area contributed by atoms with Crippen molar-refractivity contribution in [2.45, 2.75) is 19.4 Å². The first-order valence-corrected chi connectivity index (χ1v) is 9.04. The van der Waals surface area contributed by atoms with Gasteiger partial charge in [0.25, 0.3) is 5.91 Å². The number of fused-ring (bicyclic) bond motifs is 2. The van der Waals surface area contributed by atoms with Crippen LogP contribution < -0.4 is 10.2 Å². The van der Waals surface area contributed by atoms with E-state index in [-0.39, 0.29) is 23.0 Å². The van der Waals surface area contributed by atoms with Crippen molar-refractivity contribution >= 4 is 16.8 Å². The third-order valence-corrected chi connectivity index (χ3v) is 5.11. The predicted octanol–water partition coefficient (Wildman–Crippen LogP) is 2.92. The number of rotatable bonds is 3. The van der Waals surface area contributed by atoms with Crippen LogP contribution in [0, 0.1) is 6.92 Å². The number of ether oxygens (including phenoxy) is 1. The molecule has 1 aromatic heterocycles. The van der Waals surface area contributed by atoms with Gasteiger partial charge in [-0.25, -0.2) is 0 Å². The fourth-order valence-corrected chi connectivity index (χ4v) is 3.71. The Bertz CT molecular complexity index is 1080. The van der Waals surface area contributed by atoms with E-state index < -0.39 is 0 Å². The molecule has 1 atom stereocenters. The molecule has 5 nitrogen and oxygen atoms in total.